The molecule has 0 spiro atoms. The summed E-state index contributed by atoms with van der Waals surface area (Å²) in [5.41, 5.74) is 0. The van der Waals surface area contributed by atoms with Gasteiger partial charge in [-0.3, -0.25) is 23.4 Å². The van der Waals surface area contributed by atoms with Crippen molar-refractivity contribution in [3.8, 4) is 0 Å². The average Bonchev–Trinajstić information content (AvgIpc) is 3.39. The van der Waals surface area contributed by atoms with Crippen molar-refractivity contribution in [3.63, 3.8) is 0 Å². The second-order valence-corrected chi connectivity index (χ2v) is 19.4. The van der Waals surface area contributed by atoms with E-state index in [1.54, 1.807) is 6.08 Å². The monoisotopic (exact) mass is 1050 g/mol. The summed E-state index contributed by atoms with van der Waals surface area (Å²) in [6, 6.07) is 0. The Labute approximate surface area is 449 Å². The first-order valence-electron chi connectivity index (χ1n) is 28.1. The lowest BCUT2D eigenvalue weighted by atomic mass is 10.1. The molecule has 0 aliphatic rings. The smallest absolute Gasteiger partial charge is 0.462 e. The van der Waals surface area contributed by atoms with Crippen LogP contribution in [0, 0.1) is 0 Å². The number of phosphoric ester groups is 1. The van der Waals surface area contributed by atoms with Crippen LogP contribution in [0.2, 0.25) is 0 Å². The predicted octanol–water partition coefficient (Wildman–Crippen LogP) is 16.6. The highest BCUT2D eigenvalue weighted by Gasteiger charge is 2.28. The molecule has 11 nitrogen and oxygen atoms in total. The summed E-state index contributed by atoms with van der Waals surface area (Å²) in [7, 11) is -4.79. The lowest BCUT2D eigenvalue weighted by molar-refractivity contribution is -0.161. The standard InChI is InChI=1S/C62H99O11P/c1-4-7-10-13-16-19-22-25-28-29-32-35-38-41-44-47-50-53-62(66)73-59(55-69-60(64)51-48-45-42-39-36-33-30-26-23-20-17-14-11-8-5-2)57-71-74(67,68)70-56-58(54-63)72-61(65)52-49-46-43-40-37-34-31-27-24-21-18-15-12-9-6-3/h7-12,16-21,25-28,30-31,37,40,46,49,58-59,63H,4-6,13-15,22-24,29,32-36,38-39,41-45,47-48,50-57H2,1-3H3,(H,67,68)/b10-7-,11-8-,12-9-,19-16-,20-17-,21-18-,28-25-,30-26-,31-27-,40-37-,49-46-. The fourth-order valence-electron chi connectivity index (χ4n) is 6.93. The van der Waals surface area contributed by atoms with Crippen LogP contribution in [0.4, 0.5) is 0 Å². The van der Waals surface area contributed by atoms with E-state index in [1.165, 1.54) is 0 Å². The van der Waals surface area contributed by atoms with E-state index in [2.05, 4.69) is 130 Å². The zero-order valence-corrected chi connectivity index (χ0v) is 46.9. The number of ether oxygens (including phenoxy) is 3. The number of allylic oxidation sites excluding steroid dienone is 21. The maximum atomic E-state index is 12.9. The van der Waals surface area contributed by atoms with Gasteiger partial charge in [-0.15, -0.1) is 0 Å². The highest BCUT2D eigenvalue weighted by molar-refractivity contribution is 7.47. The van der Waals surface area contributed by atoms with Crippen LogP contribution in [0.5, 0.6) is 0 Å². The van der Waals surface area contributed by atoms with Crippen LogP contribution in [-0.4, -0.2) is 66.5 Å². The number of carbonyl (C=O) groups excluding carboxylic acids is 3. The van der Waals surface area contributed by atoms with Gasteiger partial charge >= 0.3 is 25.7 Å². The van der Waals surface area contributed by atoms with E-state index in [0.29, 0.717) is 19.3 Å². The molecule has 3 unspecified atom stereocenters. The zero-order chi connectivity index (χ0) is 54.1. The molecule has 2 N–H and O–H groups in total. The van der Waals surface area contributed by atoms with Crippen LogP contribution in [0.3, 0.4) is 0 Å². The molecule has 0 aromatic carbocycles. The first-order chi connectivity index (χ1) is 36.2. The van der Waals surface area contributed by atoms with Crippen LogP contribution in [0.15, 0.2) is 134 Å². The normalized spacial score (nSPS) is 14.4. The molecule has 0 aliphatic carbocycles. The summed E-state index contributed by atoms with van der Waals surface area (Å²) in [5.74, 6) is -1.65. The highest BCUT2D eigenvalue weighted by atomic mass is 31.2. The number of esters is 3. The maximum absolute atomic E-state index is 12.9. The summed E-state index contributed by atoms with van der Waals surface area (Å²) in [6.07, 6.45) is 68.7. The van der Waals surface area contributed by atoms with Gasteiger partial charge in [0, 0.05) is 12.8 Å². The van der Waals surface area contributed by atoms with E-state index in [0.717, 1.165) is 141 Å². The molecule has 0 saturated heterocycles. The van der Waals surface area contributed by atoms with Crippen molar-refractivity contribution in [2.45, 2.75) is 213 Å². The lowest BCUT2D eigenvalue weighted by Crippen LogP contribution is -2.30. The molecule has 0 fully saturated rings. The molecule has 12 heteroatoms. The van der Waals surface area contributed by atoms with Gasteiger partial charge in [0.1, 0.15) is 12.7 Å². The van der Waals surface area contributed by atoms with Crippen LogP contribution in [0.1, 0.15) is 201 Å². The number of phosphoric acid groups is 1. The SMILES string of the molecule is CC/C=C\C/C=C\C/C=C\C/C=C\C/C=C\CC(=O)OC(CO)COP(=O)(O)OCC(COC(=O)CCCCCCC/C=C\C/C=C\C/C=C\CC)OC(=O)CCCCCCCCC/C=C\C/C=C\C/C=C\CC. The van der Waals surface area contributed by atoms with Crippen molar-refractivity contribution >= 4 is 25.7 Å². The molecule has 0 aliphatic heterocycles. The van der Waals surface area contributed by atoms with E-state index >= 15 is 0 Å². The molecule has 3 atom stereocenters. The van der Waals surface area contributed by atoms with Crippen molar-refractivity contribution in [2.75, 3.05) is 26.4 Å². The maximum Gasteiger partial charge on any atom is 0.472 e. The molecular formula is C62H99O11P. The van der Waals surface area contributed by atoms with E-state index in [4.69, 9.17) is 23.3 Å². The summed E-state index contributed by atoms with van der Waals surface area (Å²) in [5, 5.41) is 9.79. The van der Waals surface area contributed by atoms with Crippen molar-refractivity contribution in [2.24, 2.45) is 0 Å². The minimum atomic E-state index is -4.79. The van der Waals surface area contributed by atoms with E-state index in [9.17, 15) is 28.9 Å². The molecule has 0 bridgehead atoms. The Hall–Kier alpha value is -4.38. The van der Waals surface area contributed by atoms with E-state index in [1.807, 2.05) is 18.2 Å². The van der Waals surface area contributed by atoms with Crippen LogP contribution in [0.25, 0.3) is 0 Å². The fraction of sp³-hybridized carbons (Fsp3) is 0.597. The molecule has 0 amide bonds. The largest absolute Gasteiger partial charge is 0.472 e. The summed E-state index contributed by atoms with van der Waals surface area (Å²) in [4.78, 5) is 48.5. The summed E-state index contributed by atoms with van der Waals surface area (Å²) in [6.45, 7) is 4.14. The quantitative estimate of drug-likeness (QED) is 0.0197. The van der Waals surface area contributed by atoms with Gasteiger partial charge in [-0.1, -0.05) is 206 Å². The predicted molar refractivity (Wildman–Crippen MR) is 306 cm³/mol. The number of carbonyl (C=O) groups is 3. The average molecular weight is 1050 g/mol. The Kier molecular flexibility index (Phi) is 51.6. The lowest BCUT2D eigenvalue weighted by Gasteiger charge is -2.21. The third-order valence-corrected chi connectivity index (χ3v) is 12.0. The first-order valence-corrected chi connectivity index (χ1v) is 29.6. The second-order valence-electron chi connectivity index (χ2n) is 18.0. The van der Waals surface area contributed by atoms with Gasteiger partial charge in [-0.25, -0.2) is 4.57 Å². The van der Waals surface area contributed by atoms with E-state index in [-0.39, 0.29) is 25.9 Å². The van der Waals surface area contributed by atoms with Crippen LogP contribution >= 0.6 is 7.82 Å². The number of aliphatic hydroxyl groups is 1. The Bertz CT molecular complexity index is 1750. The molecule has 0 rings (SSSR count). The van der Waals surface area contributed by atoms with Gasteiger partial charge in [-0.05, 0) is 109 Å². The Morgan fingerprint density at radius 2 is 0.716 bits per heavy atom. The minimum Gasteiger partial charge on any atom is -0.462 e. The van der Waals surface area contributed by atoms with Crippen molar-refractivity contribution < 1.29 is 52.2 Å². The third-order valence-electron chi connectivity index (χ3n) is 11.1. The summed E-state index contributed by atoms with van der Waals surface area (Å²) < 4.78 is 39.4. The first kappa shape index (κ1) is 69.6. The minimum absolute atomic E-state index is 0.0635. The van der Waals surface area contributed by atoms with Crippen LogP contribution < -0.4 is 0 Å². The number of aliphatic hydroxyl groups excluding tert-OH is 1. The molecule has 0 aromatic heterocycles. The number of unbranched alkanes of at least 4 members (excludes halogenated alkanes) is 12. The molecule has 74 heavy (non-hydrogen) atoms. The van der Waals surface area contributed by atoms with Gasteiger partial charge in [-0.2, -0.15) is 0 Å². The summed E-state index contributed by atoms with van der Waals surface area (Å²) >= 11 is 0. The molecule has 0 saturated carbocycles. The second kappa shape index (κ2) is 54.9. The Morgan fingerprint density at radius 1 is 0.392 bits per heavy atom. The van der Waals surface area contributed by atoms with Crippen molar-refractivity contribution in [3.05, 3.63) is 134 Å². The van der Waals surface area contributed by atoms with Crippen molar-refractivity contribution in [1.82, 2.24) is 0 Å². The Morgan fingerprint density at radius 3 is 1.12 bits per heavy atom. The number of hydrogen-bond acceptors (Lipinski definition) is 10. The number of hydrogen-bond donors (Lipinski definition) is 2. The molecule has 0 heterocycles. The molecule has 0 radical (unpaired) electrons. The van der Waals surface area contributed by atoms with Gasteiger partial charge in [0.25, 0.3) is 0 Å². The Balaban J connectivity index is 4.87. The fourth-order valence-corrected chi connectivity index (χ4v) is 7.71. The van der Waals surface area contributed by atoms with Gasteiger partial charge in [0.2, 0.25) is 0 Å². The molecular weight excluding hydrogens is 952 g/mol. The van der Waals surface area contributed by atoms with Crippen LogP contribution in [-0.2, 0) is 42.2 Å². The van der Waals surface area contributed by atoms with Gasteiger partial charge in [0.15, 0.2) is 6.10 Å². The third kappa shape index (κ3) is 52.5. The number of rotatable bonds is 50. The highest BCUT2D eigenvalue weighted by Crippen LogP contribution is 2.43. The van der Waals surface area contributed by atoms with E-state index < -0.39 is 57.8 Å². The topological polar surface area (TPSA) is 155 Å². The van der Waals surface area contributed by atoms with Gasteiger partial charge < -0.3 is 24.2 Å². The molecule has 418 valence electrons. The van der Waals surface area contributed by atoms with Crippen molar-refractivity contribution in [1.29, 1.82) is 0 Å². The zero-order valence-electron chi connectivity index (χ0n) is 46.0. The molecule has 0 aromatic rings. The van der Waals surface area contributed by atoms with Gasteiger partial charge in [0.05, 0.1) is 26.2 Å².